The largest absolute Gasteiger partial charge is 0.416 e. The van der Waals surface area contributed by atoms with Crippen LogP contribution in [-0.2, 0) is 11.0 Å². The molecule has 1 aromatic rings. The fourth-order valence-electron chi connectivity index (χ4n) is 1.81. The van der Waals surface area contributed by atoms with Crippen LogP contribution in [0.4, 0.5) is 13.2 Å². The second kappa shape index (κ2) is 7.28. The van der Waals surface area contributed by atoms with Crippen molar-refractivity contribution in [2.75, 3.05) is 13.6 Å². The predicted octanol–water partition coefficient (Wildman–Crippen LogP) is 2.88. The van der Waals surface area contributed by atoms with Gasteiger partial charge in [-0.15, -0.1) is 0 Å². The standard InChI is InChI=1S/C14H19F3N2O/c1-10(19-13(20)7-4-8-18-2)11-5-3-6-12(9-11)14(15,16)17/h3,5-6,9-10,18H,4,7-8H2,1-2H3,(H,19,20). The van der Waals surface area contributed by atoms with E-state index >= 15 is 0 Å². The van der Waals surface area contributed by atoms with Crippen LogP contribution in [0, 0.1) is 0 Å². The molecule has 0 bridgehead atoms. The van der Waals surface area contributed by atoms with Gasteiger partial charge in [0, 0.05) is 6.42 Å². The van der Waals surface area contributed by atoms with E-state index in [2.05, 4.69) is 10.6 Å². The van der Waals surface area contributed by atoms with Gasteiger partial charge in [-0.05, 0) is 44.6 Å². The van der Waals surface area contributed by atoms with Gasteiger partial charge in [0.25, 0.3) is 0 Å². The average molecular weight is 288 g/mol. The molecule has 1 unspecified atom stereocenters. The summed E-state index contributed by atoms with van der Waals surface area (Å²) < 4.78 is 37.8. The maximum Gasteiger partial charge on any atom is 0.416 e. The first-order valence-electron chi connectivity index (χ1n) is 6.45. The van der Waals surface area contributed by atoms with Crippen LogP contribution < -0.4 is 10.6 Å². The Morgan fingerprint density at radius 2 is 2.05 bits per heavy atom. The normalized spacial score (nSPS) is 13.1. The summed E-state index contributed by atoms with van der Waals surface area (Å²) in [5.41, 5.74) is -0.256. The highest BCUT2D eigenvalue weighted by Gasteiger charge is 2.30. The van der Waals surface area contributed by atoms with Crippen LogP contribution in [0.2, 0.25) is 0 Å². The Balaban J connectivity index is 2.63. The van der Waals surface area contributed by atoms with Crippen molar-refractivity contribution in [3.8, 4) is 0 Å². The molecule has 0 aliphatic carbocycles. The number of rotatable bonds is 6. The van der Waals surface area contributed by atoms with Crippen LogP contribution in [0.15, 0.2) is 24.3 Å². The zero-order chi connectivity index (χ0) is 15.2. The molecule has 1 atom stereocenters. The Hall–Kier alpha value is -1.56. The number of hydrogen-bond acceptors (Lipinski definition) is 2. The molecule has 0 aliphatic rings. The third-order valence-corrected chi connectivity index (χ3v) is 2.92. The topological polar surface area (TPSA) is 41.1 Å². The summed E-state index contributed by atoms with van der Waals surface area (Å²) in [7, 11) is 1.79. The lowest BCUT2D eigenvalue weighted by atomic mass is 10.0. The van der Waals surface area contributed by atoms with Gasteiger partial charge in [0.2, 0.25) is 5.91 Å². The molecular weight excluding hydrogens is 269 g/mol. The van der Waals surface area contributed by atoms with Gasteiger partial charge in [-0.3, -0.25) is 4.79 Å². The molecule has 112 valence electrons. The third kappa shape index (κ3) is 5.21. The molecule has 1 rings (SSSR count). The SMILES string of the molecule is CNCCCC(=O)NC(C)c1cccc(C(F)(F)F)c1. The average Bonchev–Trinajstić information content (AvgIpc) is 2.38. The third-order valence-electron chi connectivity index (χ3n) is 2.92. The fourth-order valence-corrected chi connectivity index (χ4v) is 1.81. The molecule has 1 aromatic carbocycles. The van der Waals surface area contributed by atoms with E-state index in [0.717, 1.165) is 18.7 Å². The molecule has 20 heavy (non-hydrogen) atoms. The summed E-state index contributed by atoms with van der Waals surface area (Å²) in [5.74, 6) is -0.162. The molecule has 0 saturated carbocycles. The molecule has 0 radical (unpaired) electrons. The lowest BCUT2D eigenvalue weighted by molar-refractivity contribution is -0.137. The minimum absolute atomic E-state index is 0.162. The summed E-state index contributed by atoms with van der Waals surface area (Å²) in [5, 5.41) is 5.63. The predicted molar refractivity (Wildman–Crippen MR) is 71.2 cm³/mol. The van der Waals surface area contributed by atoms with Gasteiger partial charge in [0.1, 0.15) is 0 Å². The van der Waals surface area contributed by atoms with Gasteiger partial charge in [0.15, 0.2) is 0 Å². The van der Waals surface area contributed by atoms with Gasteiger partial charge in [0.05, 0.1) is 11.6 Å². The van der Waals surface area contributed by atoms with Crippen molar-refractivity contribution < 1.29 is 18.0 Å². The van der Waals surface area contributed by atoms with Gasteiger partial charge in [-0.25, -0.2) is 0 Å². The summed E-state index contributed by atoms with van der Waals surface area (Å²) in [4.78, 5) is 11.6. The maximum absolute atomic E-state index is 12.6. The molecule has 0 spiro atoms. The second-order valence-corrected chi connectivity index (χ2v) is 4.62. The van der Waals surface area contributed by atoms with E-state index in [1.54, 1.807) is 20.0 Å². The molecule has 0 fully saturated rings. The van der Waals surface area contributed by atoms with Crippen LogP contribution in [0.25, 0.3) is 0 Å². The van der Waals surface area contributed by atoms with Crippen LogP contribution in [0.1, 0.15) is 36.9 Å². The molecule has 0 heterocycles. The number of benzene rings is 1. The number of hydrogen-bond donors (Lipinski definition) is 2. The molecular formula is C14H19F3N2O. The van der Waals surface area contributed by atoms with E-state index in [1.165, 1.54) is 6.07 Å². The Labute approximate surface area is 116 Å². The second-order valence-electron chi connectivity index (χ2n) is 4.62. The minimum atomic E-state index is -4.37. The van der Waals surface area contributed by atoms with E-state index in [1.807, 2.05) is 0 Å². The van der Waals surface area contributed by atoms with Crippen molar-refractivity contribution in [2.24, 2.45) is 0 Å². The molecule has 3 nitrogen and oxygen atoms in total. The summed E-state index contributed by atoms with van der Waals surface area (Å²) in [6.07, 6.45) is -3.33. The Morgan fingerprint density at radius 3 is 2.65 bits per heavy atom. The summed E-state index contributed by atoms with van der Waals surface area (Å²) >= 11 is 0. The first-order valence-corrected chi connectivity index (χ1v) is 6.45. The van der Waals surface area contributed by atoms with Crippen LogP contribution in [0.3, 0.4) is 0 Å². The maximum atomic E-state index is 12.6. The quantitative estimate of drug-likeness (QED) is 0.790. The number of carbonyl (C=O) groups excluding carboxylic acids is 1. The Kier molecular flexibility index (Phi) is 6.01. The van der Waals surface area contributed by atoms with Gasteiger partial charge < -0.3 is 10.6 Å². The smallest absolute Gasteiger partial charge is 0.350 e. The van der Waals surface area contributed by atoms with Crippen molar-refractivity contribution in [3.05, 3.63) is 35.4 Å². The van der Waals surface area contributed by atoms with Crippen molar-refractivity contribution in [3.63, 3.8) is 0 Å². The van der Waals surface area contributed by atoms with E-state index in [-0.39, 0.29) is 5.91 Å². The van der Waals surface area contributed by atoms with Gasteiger partial charge in [-0.2, -0.15) is 13.2 Å². The van der Waals surface area contributed by atoms with E-state index in [9.17, 15) is 18.0 Å². The number of alkyl halides is 3. The Bertz CT molecular complexity index is 446. The first-order chi connectivity index (χ1) is 9.34. The highest BCUT2D eigenvalue weighted by molar-refractivity contribution is 5.76. The summed E-state index contributed by atoms with van der Waals surface area (Å²) in [6, 6.07) is 4.57. The number of amides is 1. The van der Waals surface area contributed by atoms with E-state index in [0.29, 0.717) is 18.4 Å². The molecule has 1 amide bonds. The monoisotopic (exact) mass is 288 g/mol. The van der Waals surface area contributed by atoms with Crippen molar-refractivity contribution >= 4 is 5.91 Å². The molecule has 0 aromatic heterocycles. The van der Waals surface area contributed by atoms with E-state index < -0.39 is 17.8 Å². The van der Waals surface area contributed by atoms with Gasteiger partial charge >= 0.3 is 6.18 Å². The van der Waals surface area contributed by atoms with Crippen LogP contribution >= 0.6 is 0 Å². The highest BCUT2D eigenvalue weighted by atomic mass is 19.4. The number of halogens is 3. The lowest BCUT2D eigenvalue weighted by Crippen LogP contribution is -2.27. The Morgan fingerprint density at radius 1 is 1.35 bits per heavy atom. The zero-order valence-electron chi connectivity index (χ0n) is 11.6. The number of carbonyl (C=O) groups is 1. The first kappa shape index (κ1) is 16.5. The fraction of sp³-hybridized carbons (Fsp3) is 0.500. The van der Waals surface area contributed by atoms with Crippen LogP contribution in [0.5, 0.6) is 0 Å². The van der Waals surface area contributed by atoms with Gasteiger partial charge in [-0.1, -0.05) is 12.1 Å². The van der Waals surface area contributed by atoms with Crippen molar-refractivity contribution in [2.45, 2.75) is 32.0 Å². The molecule has 0 saturated heterocycles. The van der Waals surface area contributed by atoms with Crippen LogP contribution in [-0.4, -0.2) is 19.5 Å². The van der Waals surface area contributed by atoms with Crippen molar-refractivity contribution in [1.29, 1.82) is 0 Å². The molecule has 0 aliphatic heterocycles. The van der Waals surface area contributed by atoms with E-state index in [4.69, 9.17) is 0 Å². The summed E-state index contributed by atoms with van der Waals surface area (Å²) in [6.45, 7) is 2.40. The minimum Gasteiger partial charge on any atom is -0.350 e. The highest BCUT2D eigenvalue weighted by Crippen LogP contribution is 2.30. The molecule has 2 N–H and O–H groups in total. The number of nitrogens with one attached hydrogen (secondary N) is 2. The lowest BCUT2D eigenvalue weighted by Gasteiger charge is -2.16. The zero-order valence-corrected chi connectivity index (χ0v) is 11.6. The van der Waals surface area contributed by atoms with Crippen molar-refractivity contribution in [1.82, 2.24) is 10.6 Å². The molecule has 6 heteroatoms.